The Morgan fingerprint density at radius 3 is 2.50 bits per heavy atom. The number of aryl methyl sites for hydroxylation is 1. The quantitative estimate of drug-likeness (QED) is 0.852. The number of nitrogens with zero attached hydrogens (tertiary/aromatic N) is 1. The summed E-state index contributed by atoms with van der Waals surface area (Å²) in [5.74, 6) is -1.95. The van der Waals surface area contributed by atoms with Gasteiger partial charge in [-0.2, -0.15) is 0 Å². The van der Waals surface area contributed by atoms with Crippen LogP contribution in [0, 0.1) is 18.6 Å². The maximum absolute atomic E-state index is 13.8. The van der Waals surface area contributed by atoms with Gasteiger partial charge in [0.15, 0.2) is 0 Å². The minimum Gasteiger partial charge on any atom is -0.279 e. The third kappa shape index (κ3) is 3.51. The first-order valence-corrected chi connectivity index (χ1v) is 10.8. The predicted molar refractivity (Wildman–Crippen MR) is 94.1 cm³/mol. The molecule has 0 aliphatic carbocycles. The largest absolute Gasteiger partial charge is 0.279 e. The van der Waals surface area contributed by atoms with Gasteiger partial charge in [0.05, 0.1) is 17.1 Å². The van der Waals surface area contributed by atoms with Crippen molar-refractivity contribution in [1.29, 1.82) is 0 Å². The highest BCUT2D eigenvalue weighted by Gasteiger charge is 2.29. The van der Waals surface area contributed by atoms with Crippen molar-refractivity contribution in [3.63, 3.8) is 0 Å². The summed E-state index contributed by atoms with van der Waals surface area (Å²) in [5.41, 5.74) is 0.907. The molecule has 0 unspecified atom stereocenters. The van der Waals surface area contributed by atoms with Crippen molar-refractivity contribution in [3.8, 4) is 0 Å². The van der Waals surface area contributed by atoms with E-state index >= 15 is 0 Å². The number of hydrogen-bond acceptors (Lipinski definition) is 4. The molecule has 1 saturated heterocycles. The van der Waals surface area contributed by atoms with E-state index in [4.69, 9.17) is 0 Å². The molecule has 6 nitrogen and oxygen atoms in total. The number of sulfonamides is 2. The van der Waals surface area contributed by atoms with Crippen LogP contribution in [0.5, 0.6) is 0 Å². The van der Waals surface area contributed by atoms with Gasteiger partial charge < -0.3 is 0 Å². The first-order valence-electron chi connectivity index (χ1n) is 7.69. The van der Waals surface area contributed by atoms with Crippen molar-refractivity contribution in [2.75, 3.05) is 21.3 Å². The van der Waals surface area contributed by atoms with E-state index in [1.165, 1.54) is 10.4 Å². The fourth-order valence-corrected chi connectivity index (χ4v) is 5.46. The van der Waals surface area contributed by atoms with Crippen LogP contribution in [0.15, 0.2) is 41.3 Å². The van der Waals surface area contributed by atoms with Crippen LogP contribution in [0.2, 0.25) is 0 Å². The first-order chi connectivity index (χ1) is 12.1. The highest BCUT2D eigenvalue weighted by atomic mass is 32.2. The van der Waals surface area contributed by atoms with Crippen LogP contribution in [0.4, 0.5) is 20.2 Å². The highest BCUT2D eigenvalue weighted by Crippen LogP contribution is 2.30. The molecule has 0 bridgehead atoms. The monoisotopic (exact) mass is 402 g/mol. The summed E-state index contributed by atoms with van der Waals surface area (Å²) < 4.78 is 79.5. The van der Waals surface area contributed by atoms with Crippen LogP contribution in [-0.2, 0) is 20.0 Å². The second-order valence-electron chi connectivity index (χ2n) is 5.92. The van der Waals surface area contributed by atoms with E-state index in [0.717, 1.165) is 12.1 Å². The molecule has 1 aliphatic rings. The Kier molecular flexibility index (Phi) is 4.65. The molecule has 1 heterocycles. The van der Waals surface area contributed by atoms with Crippen LogP contribution in [0.1, 0.15) is 12.0 Å². The Labute approximate surface area is 150 Å². The fraction of sp³-hybridized carbons (Fsp3) is 0.250. The number of anilines is 2. The fourth-order valence-electron chi connectivity index (χ4n) is 2.69. The molecule has 0 amide bonds. The molecule has 1 N–H and O–H groups in total. The highest BCUT2D eigenvalue weighted by molar-refractivity contribution is 7.93. The molecule has 0 saturated carbocycles. The summed E-state index contributed by atoms with van der Waals surface area (Å²) in [7, 11) is -7.82. The van der Waals surface area contributed by atoms with Crippen molar-refractivity contribution in [3.05, 3.63) is 53.6 Å². The predicted octanol–water partition coefficient (Wildman–Crippen LogP) is 2.61. The maximum Gasteiger partial charge on any atom is 0.264 e. The number of hydrogen-bond donors (Lipinski definition) is 1. The van der Waals surface area contributed by atoms with Gasteiger partial charge in [-0.1, -0.05) is 6.07 Å². The van der Waals surface area contributed by atoms with Crippen LogP contribution < -0.4 is 9.03 Å². The van der Waals surface area contributed by atoms with Crippen molar-refractivity contribution in [2.24, 2.45) is 0 Å². The van der Waals surface area contributed by atoms with E-state index in [9.17, 15) is 25.6 Å². The minimum absolute atomic E-state index is 0.0242. The molecule has 2 aromatic carbocycles. The molecule has 26 heavy (non-hydrogen) atoms. The van der Waals surface area contributed by atoms with Gasteiger partial charge in [0, 0.05) is 6.54 Å². The standard InChI is InChI=1S/C16H16F2N2O4S2/c1-11-3-5-13(20-7-2-8-25(20,21)22)10-15(11)19-26(23,24)16-9-12(17)4-6-14(16)18/h3-6,9-10,19H,2,7-8H2,1H3. The van der Waals surface area contributed by atoms with Crippen LogP contribution >= 0.6 is 0 Å². The first kappa shape index (κ1) is 18.6. The number of rotatable bonds is 4. The molecule has 0 spiro atoms. The molecule has 0 aromatic heterocycles. The van der Waals surface area contributed by atoms with Gasteiger partial charge in [-0.05, 0) is 49.2 Å². The van der Waals surface area contributed by atoms with E-state index in [1.54, 1.807) is 19.1 Å². The molecule has 140 valence electrons. The third-order valence-electron chi connectivity index (χ3n) is 4.04. The SMILES string of the molecule is Cc1ccc(N2CCCS2(=O)=O)cc1NS(=O)(=O)c1cc(F)ccc1F. The summed E-state index contributed by atoms with van der Waals surface area (Å²) in [6, 6.07) is 6.62. The van der Waals surface area contributed by atoms with E-state index in [1.807, 2.05) is 0 Å². The molecular weight excluding hydrogens is 386 g/mol. The zero-order valence-corrected chi connectivity index (χ0v) is 15.4. The second-order valence-corrected chi connectivity index (χ2v) is 9.58. The number of nitrogens with one attached hydrogen (secondary N) is 1. The molecule has 0 radical (unpaired) electrons. The second kappa shape index (κ2) is 6.51. The van der Waals surface area contributed by atoms with Gasteiger partial charge in [-0.3, -0.25) is 9.03 Å². The van der Waals surface area contributed by atoms with E-state index < -0.39 is 36.6 Å². The van der Waals surface area contributed by atoms with Crippen LogP contribution in [0.25, 0.3) is 0 Å². The van der Waals surface area contributed by atoms with Crippen LogP contribution in [0.3, 0.4) is 0 Å². The van der Waals surface area contributed by atoms with E-state index in [2.05, 4.69) is 4.72 Å². The molecule has 0 atom stereocenters. The van der Waals surface area contributed by atoms with E-state index in [0.29, 0.717) is 30.3 Å². The van der Waals surface area contributed by atoms with Crippen LogP contribution in [-0.4, -0.2) is 29.1 Å². The Bertz CT molecular complexity index is 1070. The van der Waals surface area contributed by atoms with Crippen molar-refractivity contribution in [2.45, 2.75) is 18.2 Å². The van der Waals surface area contributed by atoms with Gasteiger partial charge in [0.2, 0.25) is 10.0 Å². The summed E-state index contributed by atoms with van der Waals surface area (Å²) in [6.07, 6.45) is 0.478. The lowest BCUT2D eigenvalue weighted by atomic mass is 10.2. The van der Waals surface area contributed by atoms with Gasteiger partial charge in [0.25, 0.3) is 10.0 Å². The zero-order valence-electron chi connectivity index (χ0n) is 13.7. The lowest BCUT2D eigenvalue weighted by Gasteiger charge is -2.19. The average molecular weight is 402 g/mol. The van der Waals surface area contributed by atoms with Gasteiger partial charge in [0.1, 0.15) is 16.5 Å². The van der Waals surface area contributed by atoms with Crippen molar-refractivity contribution >= 4 is 31.4 Å². The molecule has 1 aliphatic heterocycles. The van der Waals surface area contributed by atoms with Gasteiger partial charge in [-0.15, -0.1) is 0 Å². The number of benzene rings is 2. The zero-order chi connectivity index (χ0) is 19.1. The average Bonchev–Trinajstić information content (AvgIpc) is 2.91. The smallest absolute Gasteiger partial charge is 0.264 e. The van der Waals surface area contributed by atoms with E-state index in [-0.39, 0.29) is 11.4 Å². The molecule has 10 heteroatoms. The lowest BCUT2D eigenvalue weighted by Crippen LogP contribution is -2.25. The summed E-state index contributed by atoms with van der Waals surface area (Å²) in [6.45, 7) is 1.91. The Morgan fingerprint density at radius 2 is 1.85 bits per heavy atom. The summed E-state index contributed by atoms with van der Waals surface area (Å²) in [5, 5.41) is 0. The Hall–Kier alpha value is -2.20. The molecule has 3 rings (SSSR count). The molecule has 1 fully saturated rings. The van der Waals surface area contributed by atoms with Crippen molar-refractivity contribution in [1.82, 2.24) is 0 Å². The Balaban J connectivity index is 2.00. The van der Waals surface area contributed by atoms with Gasteiger partial charge in [-0.25, -0.2) is 25.6 Å². The number of halogens is 2. The maximum atomic E-state index is 13.8. The molecule has 2 aromatic rings. The Morgan fingerprint density at radius 1 is 1.12 bits per heavy atom. The minimum atomic E-state index is -4.39. The van der Waals surface area contributed by atoms with Gasteiger partial charge >= 0.3 is 0 Å². The summed E-state index contributed by atoms with van der Waals surface area (Å²) in [4.78, 5) is -0.823. The summed E-state index contributed by atoms with van der Waals surface area (Å²) >= 11 is 0. The molecular formula is C16H16F2N2O4S2. The van der Waals surface area contributed by atoms with Crippen molar-refractivity contribution < 1.29 is 25.6 Å². The third-order valence-corrected chi connectivity index (χ3v) is 7.29. The topological polar surface area (TPSA) is 83.6 Å². The lowest BCUT2D eigenvalue weighted by molar-refractivity contribution is 0.555. The normalized spacial score (nSPS) is 16.7.